The topological polar surface area (TPSA) is 423 Å². The number of primary amides is 2. The third-order valence-corrected chi connectivity index (χ3v) is 8.93. The van der Waals surface area contributed by atoms with Crippen molar-refractivity contribution in [1.29, 1.82) is 0 Å². The molecular formula is C40H78N12O12S. The van der Waals surface area contributed by atoms with Crippen LogP contribution in [0.4, 0.5) is 0 Å². The Labute approximate surface area is 383 Å². The lowest BCUT2D eigenvalue weighted by atomic mass is 9.95. The summed E-state index contributed by atoms with van der Waals surface area (Å²) in [5, 5.41) is 5.29. The van der Waals surface area contributed by atoms with Crippen LogP contribution in [0.15, 0.2) is 9.98 Å². The SMILES string of the molecule is CC(=O)NC(CC(C)C)C(=O)N(C(C=O)CCCN=C(N)N)C(CC(C)C)C(N)=O.CC(=O)NC(CC(C)C)C(=O)N(C(C=O)CCCN=C(N)N)C(CC(C)C)C(N)=O.O=S(=O)(O)O. The number of aliphatic imine (C=N–C) groups is 2. The van der Waals surface area contributed by atoms with Crippen molar-refractivity contribution < 1.29 is 55.9 Å². The molecule has 376 valence electrons. The van der Waals surface area contributed by atoms with Gasteiger partial charge in [-0.3, -0.25) is 47.9 Å². The lowest BCUT2D eigenvalue weighted by molar-refractivity contribution is -0.147. The van der Waals surface area contributed by atoms with Crippen LogP contribution in [0.1, 0.15) is 121 Å². The minimum Gasteiger partial charge on any atom is -0.370 e. The minimum absolute atomic E-state index is 0.0519. The largest absolute Gasteiger partial charge is 0.394 e. The van der Waals surface area contributed by atoms with E-state index in [0.29, 0.717) is 51.1 Å². The van der Waals surface area contributed by atoms with E-state index in [-0.39, 0.29) is 73.3 Å². The molecule has 0 bridgehead atoms. The van der Waals surface area contributed by atoms with Crippen molar-refractivity contribution in [2.24, 2.45) is 68.1 Å². The fourth-order valence-corrected chi connectivity index (χ4v) is 6.52. The zero-order valence-electron chi connectivity index (χ0n) is 39.6. The number of carbonyl (C=O) groups is 8. The van der Waals surface area contributed by atoms with Crippen molar-refractivity contribution in [2.45, 2.75) is 157 Å². The van der Waals surface area contributed by atoms with Gasteiger partial charge in [0.2, 0.25) is 35.4 Å². The van der Waals surface area contributed by atoms with E-state index in [1.54, 1.807) is 0 Å². The maximum atomic E-state index is 13.5. The van der Waals surface area contributed by atoms with E-state index >= 15 is 0 Å². The Morgan fingerprint density at radius 1 is 0.554 bits per heavy atom. The number of nitrogens with one attached hydrogen (secondary N) is 2. The highest BCUT2D eigenvalue weighted by Crippen LogP contribution is 2.22. The fraction of sp³-hybridized carbons (Fsp3) is 0.750. The van der Waals surface area contributed by atoms with E-state index in [2.05, 4.69) is 20.6 Å². The lowest BCUT2D eigenvalue weighted by Gasteiger charge is -2.37. The minimum atomic E-state index is -4.67. The Morgan fingerprint density at radius 2 is 0.815 bits per heavy atom. The normalized spacial score (nSPS) is 13.8. The van der Waals surface area contributed by atoms with Crippen LogP contribution in [0, 0.1) is 23.7 Å². The van der Waals surface area contributed by atoms with Gasteiger partial charge in [0.25, 0.3) is 0 Å². The zero-order chi connectivity index (χ0) is 51.4. The molecule has 6 atom stereocenters. The van der Waals surface area contributed by atoms with Gasteiger partial charge in [0.05, 0.1) is 12.1 Å². The molecule has 65 heavy (non-hydrogen) atoms. The molecule has 0 spiro atoms. The maximum absolute atomic E-state index is 13.5. The van der Waals surface area contributed by atoms with Crippen LogP contribution in [0.2, 0.25) is 0 Å². The number of nitrogens with zero attached hydrogens (tertiary/aromatic N) is 4. The summed E-state index contributed by atoms with van der Waals surface area (Å²) in [7, 11) is -4.67. The zero-order valence-corrected chi connectivity index (χ0v) is 40.5. The summed E-state index contributed by atoms with van der Waals surface area (Å²) in [4.78, 5) is 109. The Balaban J connectivity index is -0.00000107. The van der Waals surface area contributed by atoms with Gasteiger partial charge in [0.1, 0.15) is 36.7 Å². The molecule has 16 N–H and O–H groups in total. The molecule has 6 unspecified atom stereocenters. The second kappa shape index (κ2) is 33.1. The van der Waals surface area contributed by atoms with Crippen LogP contribution in [0.3, 0.4) is 0 Å². The molecule has 0 saturated heterocycles. The molecule has 0 radical (unpaired) electrons. The van der Waals surface area contributed by atoms with Gasteiger partial charge in [-0.15, -0.1) is 0 Å². The summed E-state index contributed by atoms with van der Waals surface area (Å²) in [6, 6.07) is -5.47. The number of guanidine groups is 2. The van der Waals surface area contributed by atoms with Crippen LogP contribution in [0.5, 0.6) is 0 Å². The number of aldehydes is 2. The standard InChI is InChI=1S/2C20H38N6O4.H2O4S/c2*1-12(2)9-16(25-14(5)28)19(30)26(17(18(21)29)10-13(3)4)15(11-27)7-6-8-24-20(22)23;1-5(2,3)4/h2*11-13,15-17H,6-10H2,1-5H3,(H2,21,29)(H,25,28)(H4,22,23,24);(H2,1,2,3,4). The highest BCUT2D eigenvalue weighted by Gasteiger charge is 2.39. The summed E-state index contributed by atoms with van der Waals surface area (Å²) >= 11 is 0. The van der Waals surface area contributed by atoms with Crippen molar-refractivity contribution in [3.05, 3.63) is 0 Å². The quantitative estimate of drug-likeness (QED) is 0.0150. The Morgan fingerprint density at radius 3 is 1.00 bits per heavy atom. The van der Waals surface area contributed by atoms with E-state index in [9.17, 15) is 38.4 Å². The molecule has 0 aromatic heterocycles. The van der Waals surface area contributed by atoms with Crippen LogP contribution >= 0.6 is 0 Å². The van der Waals surface area contributed by atoms with Crippen molar-refractivity contribution >= 4 is 70.3 Å². The smallest absolute Gasteiger partial charge is 0.370 e. The molecule has 0 rings (SSSR count). The monoisotopic (exact) mass is 951 g/mol. The second-order valence-electron chi connectivity index (χ2n) is 17.1. The predicted octanol–water partition coefficient (Wildman–Crippen LogP) is -0.879. The molecule has 24 nitrogen and oxygen atoms in total. The molecule has 0 saturated carbocycles. The van der Waals surface area contributed by atoms with E-state index in [0.717, 1.165) is 0 Å². The van der Waals surface area contributed by atoms with E-state index < -0.39 is 70.3 Å². The van der Waals surface area contributed by atoms with Crippen molar-refractivity contribution in [3.63, 3.8) is 0 Å². The van der Waals surface area contributed by atoms with E-state index in [4.69, 9.17) is 51.9 Å². The Hall–Kier alpha value is -5.43. The van der Waals surface area contributed by atoms with Crippen molar-refractivity contribution in [1.82, 2.24) is 20.4 Å². The maximum Gasteiger partial charge on any atom is 0.394 e. The summed E-state index contributed by atoms with van der Waals surface area (Å²) in [5.41, 5.74) is 32.5. The first-order valence-corrected chi connectivity index (χ1v) is 22.7. The van der Waals surface area contributed by atoms with Gasteiger partial charge < -0.3 is 64.4 Å². The number of amides is 6. The fourth-order valence-electron chi connectivity index (χ4n) is 6.52. The molecule has 25 heteroatoms. The van der Waals surface area contributed by atoms with Gasteiger partial charge in [-0.1, -0.05) is 55.4 Å². The van der Waals surface area contributed by atoms with Gasteiger partial charge in [0.15, 0.2) is 11.9 Å². The van der Waals surface area contributed by atoms with Gasteiger partial charge in [-0.2, -0.15) is 8.42 Å². The first-order valence-electron chi connectivity index (χ1n) is 21.3. The van der Waals surface area contributed by atoms with E-state index in [1.807, 2.05) is 55.4 Å². The summed E-state index contributed by atoms with van der Waals surface area (Å²) in [5.74, 6) is -2.96. The Kier molecular flexibility index (Phi) is 32.5. The molecular weight excluding hydrogens is 873 g/mol. The highest BCUT2D eigenvalue weighted by molar-refractivity contribution is 7.79. The molecule has 0 fully saturated rings. The average Bonchev–Trinajstić information content (AvgIpc) is 3.13. The average molecular weight is 951 g/mol. The lowest BCUT2D eigenvalue weighted by Crippen LogP contribution is -2.59. The van der Waals surface area contributed by atoms with Crippen LogP contribution in [0.25, 0.3) is 0 Å². The first-order chi connectivity index (χ1) is 29.8. The molecule has 6 amide bonds. The van der Waals surface area contributed by atoms with Crippen LogP contribution in [-0.2, 0) is 48.8 Å². The third kappa shape index (κ3) is 32.0. The molecule has 0 aliphatic carbocycles. The number of rotatable bonds is 28. The van der Waals surface area contributed by atoms with Gasteiger partial charge in [-0.25, -0.2) is 0 Å². The second-order valence-corrected chi connectivity index (χ2v) is 18.0. The van der Waals surface area contributed by atoms with Crippen molar-refractivity contribution in [2.75, 3.05) is 13.1 Å². The first kappa shape index (κ1) is 63.9. The number of carbonyl (C=O) groups excluding carboxylic acids is 8. The molecule has 0 heterocycles. The summed E-state index contributed by atoms with van der Waals surface area (Å²) < 4.78 is 31.6. The van der Waals surface area contributed by atoms with Gasteiger partial charge in [-0.05, 0) is 75.0 Å². The summed E-state index contributed by atoms with van der Waals surface area (Å²) in [6.07, 6.45) is 3.93. The molecule has 0 aromatic carbocycles. The molecule has 0 aromatic rings. The summed E-state index contributed by atoms with van der Waals surface area (Å²) in [6.45, 7) is 18.4. The number of nitrogens with two attached hydrogens (primary N) is 6. The molecule has 0 aliphatic heterocycles. The molecule has 0 aliphatic rings. The van der Waals surface area contributed by atoms with Gasteiger partial charge in [0, 0.05) is 26.9 Å². The number of hydrogen-bond donors (Lipinski definition) is 10. The third-order valence-electron chi connectivity index (χ3n) is 8.93. The van der Waals surface area contributed by atoms with Crippen molar-refractivity contribution in [3.8, 4) is 0 Å². The number of hydrogen-bond acceptors (Lipinski definition) is 12. The van der Waals surface area contributed by atoms with Crippen LogP contribution < -0.4 is 45.0 Å². The van der Waals surface area contributed by atoms with E-state index in [1.165, 1.54) is 23.6 Å². The van der Waals surface area contributed by atoms with Gasteiger partial charge >= 0.3 is 10.4 Å². The van der Waals surface area contributed by atoms with Crippen LogP contribution in [-0.4, -0.2) is 137 Å². The highest BCUT2D eigenvalue weighted by atomic mass is 32.3. The Bertz CT molecular complexity index is 1570. The predicted molar refractivity (Wildman–Crippen MR) is 246 cm³/mol.